The van der Waals surface area contributed by atoms with E-state index in [4.69, 9.17) is 20.9 Å². The molecule has 0 amide bonds. The Bertz CT molecular complexity index is 584. The molecule has 19 heavy (non-hydrogen) atoms. The lowest BCUT2D eigenvalue weighted by Gasteiger charge is -2.20. The third-order valence-corrected chi connectivity index (χ3v) is 3.07. The Morgan fingerprint density at radius 3 is 3.11 bits per heavy atom. The predicted molar refractivity (Wildman–Crippen MR) is 66.3 cm³/mol. The first-order chi connectivity index (χ1) is 9.24. The van der Waals surface area contributed by atoms with Crippen molar-refractivity contribution in [3.63, 3.8) is 0 Å². The van der Waals surface area contributed by atoms with Crippen molar-refractivity contribution in [3.8, 4) is 11.5 Å². The summed E-state index contributed by atoms with van der Waals surface area (Å²) < 4.78 is 24.1. The van der Waals surface area contributed by atoms with Gasteiger partial charge in [-0.15, -0.1) is 0 Å². The van der Waals surface area contributed by atoms with Crippen molar-refractivity contribution in [2.45, 2.75) is 6.04 Å². The van der Waals surface area contributed by atoms with Gasteiger partial charge in [-0.2, -0.15) is 4.98 Å². The Kier molecular flexibility index (Phi) is 3.46. The first kappa shape index (κ1) is 12.5. The summed E-state index contributed by atoms with van der Waals surface area (Å²) in [5, 5.41) is 7.46. The van der Waals surface area contributed by atoms with Crippen LogP contribution in [-0.2, 0) is 4.74 Å². The van der Waals surface area contributed by atoms with Crippen molar-refractivity contribution in [1.82, 2.24) is 15.5 Å². The highest BCUT2D eigenvalue weighted by atomic mass is 35.5. The number of nitrogens with zero attached hydrogens (tertiary/aromatic N) is 2. The molecular formula is C12H11ClFN3O2. The highest BCUT2D eigenvalue weighted by molar-refractivity contribution is 6.30. The highest BCUT2D eigenvalue weighted by Gasteiger charge is 2.22. The maximum absolute atomic E-state index is 13.7. The zero-order chi connectivity index (χ0) is 13.2. The highest BCUT2D eigenvalue weighted by Crippen LogP contribution is 2.25. The Morgan fingerprint density at radius 2 is 2.32 bits per heavy atom. The van der Waals surface area contributed by atoms with E-state index in [1.807, 2.05) is 0 Å². The second kappa shape index (κ2) is 5.24. The molecule has 1 saturated heterocycles. The zero-order valence-corrected chi connectivity index (χ0v) is 10.7. The van der Waals surface area contributed by atoms with Gasteiger partial charge in [0.05, 0.1) is 24.8 Å². The number of halogens is 2. The van der Waals surface area contributed by atoms with Crippen molar-refractivity contribution in [1.29, 1.82) is 0 Å². The van der Waals surface area contributed by atoms with Gasteiger partial charge in [-0.3, -0.25) is 0 Å². The van der Waals surface area contributed by atoms with Crippen LogP contribution in [0.15, 0.2) is 22.7 Å². The molecule has 2 heterocycles. The largest absolute Gasteiger partial charge is 0.378 e. The first-order valence-electron chi connectivity index (χ1n) is 5.84. The smallest absolute Gasteiger partial charge is 0.261 e. The summed E-state index contributed by atoms with van der Waals surface area (Å²) in [6, 6.07) is 4.06. The predicted octanol–water partition coefficient (Wildman–Crippen LogP) is 2.19. The lowest BCUT2D eigenvalue weighted by molar-refractivity contribution is 0.0734. The van der Waals surface area contributed by atoms with Gasteiger partial charge in [0.25, 0.3) is 5.89 Å². The van der Waals surface area contributed by atoms with E-state index in [0.717, 1.165) is 6.54 Å². The van der Waals surface area contributed by atoms with Crippen LogP contribution in [0.2, 0.25) is 5.02 Å². The second-order valence-corrected chi connectivity index (χ2v) is 4.60. The maximum Gasteiger partial charge on any atom is 0.261 e. The van der Waals surface area contributed by atoms with Gasteiger partial charge in [0.2, 0.25) is 0 Å². The summed E-state index contributed by atoms with van der Waals surface area (Å²) >= 11 is 5.83. The third kappa shape index (κ3) is 2.60. The van der Waals surface area contributed by atoms with E-state index >= 15 is 0 Å². The number of nitrogens with one attached hydrogen (secondary N) is 1. The summed E-state index contributed by atoms with van der Waals surface area (Å²) in [6.07, 6.45) is 0. The molecule has 1 aliphatic rings. The molecule has 5 nitrogen and oxygen atoms in total. The summed E-state index contributed by atoms with van der Waals surface area (Å²) in [5.41, 5.74) is 0.197. The van der Waals surface area contributed by atoms with E-state index in [2.05, 4.69) is 15.5 Å². The molecule has 1 atom stereocenters. The maximum atomic E-state index is 13.7. The van der Waals surface area contributed by atoms with E-state index in [1.54, 1.807) is 0 Å². The molecule has 2 aromatic rings. The lowest BCUT2D eigenvalue weighted by Crippen LogP contribution is -2.35. The molecule has 0 aliphatic carbocycles. The average Bonchev–Trinajstić information content (AvgIpc) is 2.92. The summed E-state index contributed by atoms with van der Waals surface area (Å²) in [7, 11) is 0. The molecule has 7 heteroatoms. The minimum atomic E-state index is -0.451. The van der Waals surface area contributed by atoms with Crippen LogP contribution in [-0.4, -0.2) is 29.9 Å². The van der Waals surface area contributed by atoms with E-state index < -0.39 is 5.82 Å². The Labute approximate surface area is 113 Å². The van der Waals surface area contributed by atoms with E-state index in [0.29, 0.717) is 24.1 Å². The molecule has 1 N–H and O–H groups in total. The molecule has 1 unspecified atom stereocenters. The van der Waals surface area contributed by atoms with Crippen LogP contribution in [0.4, 0.5) is 4.39 Å². The van der Waals surface area contributed by atoms with E-state index in [1.165, 1.54) is 18.2 Å². The number of rotatable bonds is 2. The van der Waals surface area contributed by atoms with Gasteiger partial charge in [0, 0.05) is 11.6 Å². The van der Waals surface area contributed by atoms with Gasteiger partial charge in [0.1, 0.15) is 5.82 Å². The molecule has 0 saturated carbocycles. The number of ether oxygens (including phenoxy) is 1. The number of aromatic nitrogens is 2. The molecule has 1 aromatic heterocycles. The average molecular weight is 284 g/mol. The second-order valence-electron chi connectivity index (χ2n) is 4.16. The summed E-state index contributed by atoms with van der Waals surface area (Å²) in [6.45, 7) is 1.85. The van der Waals surface area contributed by atoms with Crippen molar-refractivity contribution in [3.05, 3.63) is 34.9 Å². The van der Waals surface area contributed by atoms with Crippen LogP contribution in [0.1, 0.15) is 11.9 Å². The molecule has 1 aromatic carbocycles. The first-order valence-corrected chi connectivity index (χ1v) is 6.22. The Morgan fingerprint density at radius 1 is 1.42 bits per heavy atom. The molecule has 1 aliphatic heterocycles. The van der Waals surface area contributed by atoms with Crippen LogP contribution in [0.3, 0.4) is 0 Å². The summed E-state index contributed by atoms with van der Waals surface area (Å²) in [5.74, 6) is 0.115. The van der Waals surface area contributed by atoms with Gasteiger partial charge < -0.3 is 14.6 Å². The van der Waals surface area contributed by atoms with E-state index in [-0.39, 0.29) is 17.5 Å². The Balaban J connectivity index is 1.89. The van der Waals surface area contributed by atoms with Crippen LogP contribution < -0.4 is 5.32 Å². The molecular weight excluding hydrogens is 273 g/mol. The number of benzene rings is 1. The zero-order valence-electron chi connectivity index (χ0n) is 9.90. The minimum absolute atomic E-state index is 0.113. The molecule has 0 radical (unpaired) electrons. The number of morpholine rings is 1. The molecule has 0 bridgehead atoms. The van der Waals surface area contributed by atoms with Gasteiger partial charge in [-0.1, -0.05) is 16.8 Å². The van der Waals surface area contributed by atoms with Gasteiger partial charge in [-0.25, -0.2) is 4.39 Å². The van der Waals surface area contributed by atoms with Crippen molar-refractivity contribution in [2.24, 2.45) is 0 Å². The quantitative estimate of drug-likeness (QED) is 0.915. The fraction of sp³-hybridized carbons (Fsp3) is 0.333. The van der Waals surface area contributed by atoms with Crippen LogP contribution >= 0.6 is 11.6 Å². The number of hydrogen-bond acceptors (Lipinski definition) is 5. The monoisotopic (exact) mass is 283 g/mol. The van der Waals surface area contributed by atoms with Gasteiger partial charge in [0.15, 0.2) is 5.82 Å². The fourth-order valence-electron chi connectivity index (χ4n) is 1.88. The van der Waals surface area contributed by atoms with Gasteiger partial charge >= 0.3 is 0 Å². The minimum Gasteiger partial charge on any atom is -0.378 e. The molecule has 100 valence electrons. The SMILES string of the molecule is Fc1ccc(Cl)cc1-c1nc(C2COCCN2)no1. The molecule has 3 rings (SSSR count). The van der Waals surface area contributed by atoms with Crippen LogP contribution in [0.5, 0.6) is 0 Å². The topological polar surface area (TPSA) is 60.2 Å². The standard InChI is InChI=1S/C12H11ClFN3O2/c13-7-1-2-9(14)8(5-7)12-16-11(17-19-12)10-6-18-4-3-15-10/h1-2,5,10,15H,3-4,6H2. The van der Waals surface area contributed by atoms with Gasteiger partial charge in [-0.05, 0) is 18.2 Å². The van der Waals surface area contributed by atoms with Crippen molar-refractivity contribution < 1.29 is 13.7 Å². The van der Waals surface area contributed by atoms with E-state index in [9.17, 15) is 4.39 Å². The Hall–Kier alpha value is -1.50. The number of hydrogen-bond donors (Lipinski definition) is 1. The lowest BCUT2D eigenvalue weighted by atomic mass is 10.2. The summed E-state index contributed by atoms with van der Waals surface area (Å²) in [4.78, 5) is 4.19. The molecule has 0 spiro atoms. The fourth-order valence-corrected chi connectivity index (χ4v) is 2.05. The third-order valence-electron chi connectivity index (χ3n) is 2.83. The molecule has 1 fully saturated rings. The van der Waals surface area contributed by atoms with Crippen molar-refractivity contribution in [2.75, 3.05) is 19.8 Å². The normalized spacial score (nSPS) is 19.6. The van der Waals surface area contributed by atoms with Crippen molar-refractivity contribution >= 4 is 11.6 Å². The van der Waals surface area contributed by atoms with Crippen LogP contribution in [0.25, 0.3) is 11.5 Å². The van der Waals surface area contributed by atoms with Crippen LogP contribution in [0, 0.1) is 5.82 Å².